The first kappa shape index (κ1) is 17.3. The zero-order chi connectivity index (χ0) is 18.6. The van der Waals surface area contributed by atoms with Crippen LogP contribution < -0.4 is 5.32 Å². The van der Waals surface area contributed by atoms with Gasteiger partial charge in [-0.05, 0) is 49.5 Å². The Bertz CT molecular complexity index is 1040. The van der Waals surface area contributed by atoms with Crippen LogP contribution in [-0.4, -0.2) is 15.7 Å². The largest absolute Gasteiger partial charge is 0.313 e. The summed E-state index contributed by atoms with van der Waals surface area (Å²) in [5, 5.41) is 17.3. The molecule has 6 heteroatoms. The highest BCUT2D eigenvalue weighted by Crippen LogP contribution is 2.37. The Labute approximate surface area is 161 Å². The van der Waals surface area contributed by atoms with Gasteiger partial charge in [-0.3, -0.25) is 4.79 Å². The van der Waals surface area contributed by atoms with Crippen molar-refractivity contribution in [1.29, 1.82) is 5.26 Å². The van der Waals surface area contributed by atoms with Crippen LogP contribution in [-0.2, 0) is 17.6 Å². The first-order chi connectivity index (χ1) is 13.2. The number of hydrogen-bond donors (Lipinski definition) is 1. The van der Waals surface area contributed by atoms with Gasteiger partial charge in [0.15, 0.2) is 0 Å². The molecule has 0 bridgehead atoms. The van der Waals surface area contributed by atoms with E-state index in [0.717, 1.165) is 42.5 Å². The van der Waals surface area contributed by atoms with E-state index in [4.69, 9.17) is 0 Å². The molecule has 5 nitrogen and oxygen atoms in total. The number of nitrogens with one attached hydrogen (secondary N) is 1. The number of carbonyl (C=O) groups excluding carboxylic acids is 1. The lowest BCUT2D eigenvalue weighted by Gasteiger charge is -2.09. The maximum atomic E-state index is 12.3. The number of nitrogens with zero attached hydrogens (tertiary/aromatic N) is 3. The molecule has 1 aliphatic rings. The van der Waals surface area contributed by atoms with Crippen molar-refractivity contribution in [3.8, 4) is 11.8 Å². The lowest BCUT2D eigenvalue weighted by Crippen LogP contribution is -2.07. The van der Waals surface area contributed by atoms with Crippen LogP contribution in [0, 0.1) is 11.3 Å². The lowest BCUT2D eigenvalue weighted by atomic mass is 9.96. The number of carbonyl (C=O) groups is 1. The monoisotopic (exact) mass is 374 g/mol. The van der Waals surface area contributed by atoms with E-state index in [-0.39, 0.29) is 5.91 Å². The number of aryl methyl sites for hydroxylation is 1. The molecule has 134 valence electrons. The fraction of sp³-hybridized carbons (Fsp3) is 0.190. The van der Waals surface area contributed by atoms with E-state index in [9.17, 15) is 10.1 Å². The van der Waals surface area contributed by atoms with Gasteiger partial charge in [0.25, 0.3) is 0 Å². The van der Waals surface area contributed by atoms with Gasteiger partial charge in [-0.15, -0.1) is 11.3 Å². The Kier molecular flexibility index (Phi) is 4.86. The minimum Gasteiger partial charge on any atom is -0.313 e. The number of para-hydroxylation sites is 1. The van der Waals surface area contributed by atoms with E-state index in [2.05, 4.69) is 16.5 Å². The van der Waals surface area contributed by atoms with Crippen LogP contribution in [0.4, 0.5) is 5.00 Å². The molecular formula is C21H18N4OS. The van der Waals surface area contributed by atoms with Crippen molar-refractivity contribution in [2.45, 2.75) is 25.7 Å². The fourth-order valence-corrected chi connectivity index (χ4v) is 4.49. The minimum absolute atomic E-state index is 0.238. The SMILES string of the molecule is N#Cc1c(NC(=O)/C=C/c2cnn(-c3ccccc3)c2)sc2c1CCCC2. The van der Waals surface area contributed by atoms with Gasteiger partial charge in [0.05, 0.1) is 17.4 Å². The van der Waals surface area contributed by atoms with Gasteiger partial charge in [0.2, 0.25) is 5.91 Å². The number of fused-ring (bicyclic) bond motifs is 1. The second-order valence-electron chi connectivity index (χ2n) is 6.40. The van der Waals surface area contributed by atoms with Crippen LogP contribution in [0.1, 0.15) is 34.4 Å². The van der Waals surface area contributed by atoms with Crippen molar-refractivity contribution in [1.82, 2.24) is 9.78 Å². The summed E-state index contributed by atoms with van der Waals surface area (Å²) in [6.45, 7) is 0. The lowest BCUT2D eigenvalue weighted by molar-refractivity contribution is -0.111. The Morgan fingerprint density at radius 1 is 1.26 bits per heavy atom. The van der Waals surface area contributed by atoms with Crippen molar-refractivity contribution in [3.05, 3.63) is 70.4 Å². The molecule has 2 aromatic heterocycles. The van der Waals surface area contributed by atoms with Crippen molar-refractivity contribution in [3.63, 3.8) is 0 Å². The molecule has 1 aliphatic carbocycles. The Morgan fingerprint density at radius 2 is 2.07 bits per heavy atom. The van der Waals surface area contributed by atoms with Crippen LogP contribution in [0.3, 0.4) is 0 Å². The Balaban J connectivity index is 1.47. The third-order valence-electron chi connectivity index (χ3n) is 4.57. The summed E-state index contributed by atoms with van der Waals surface area (Å²) < 4.78 is 1.76. The second kappa shape index (κ2) is 7.60. The predicted octanol–water partition coefficient (Wildman–Crippen LogP) is 4.34. The molecule has 4 rings (SSSR count). The number of thiophene rings is 1. The van der Waals surface area contributed by atoms with Crippen LogP contribution in [0.2, 0.25) is 0 Å². The topological polar surface area (TPSA) is 70.7 Å². The second-order valence-corrected chi connectivity index (χ2v) is 7.51. The number of amides is 1. The maximum absolute atomic E-state index is 12.3. The van der Waals surface area contributed by atoms with Crippen LogP contribution >= 0.6 is 11.3 Å². The normalized spacial score (nSPS) is 13.3. The molecule has 2 heterocycles. The van der Waals surface area contributed by atoms with Gasteiger partial charge in [-0.2, -0.15) is 10.4 Å². The van der Waals surface area contributed by atoms with Gasteiger partial charge >= 0.3 is 0 Å². The highest BCUT2D eigenvalue weighted by molar-refractivity contribution is 7.16. The van der Waals surface area contributed by atoms with Gasteiger partial charge in [-0.1, -0.05) is 18.2 Å². The number of aromatic nitrogens is 2. The zero-order valence-electron chi connectivity index (χ0n) is 14.7. The van der Waals surface area contributed by atoms with Crippen molar-refractivity contribution < 1.29 is 4.79 Å². The molecule has 0 saturated carbocycles. The summed E-state index contributed by atoms with van der Waals surface area (Å²) >= 11 is 1.53. The Morgan fingerprint density at radius 3 is 2.89 bits per heavy atom. The molecule has 0 unspecified atom stereocenters. The van der Waals surface area contributed by atoms with E-state index < -0.39 is 0 Å². The molecule has 3 aromatic rings. The molecule has 27 heavy (non-hydrogen) atoms. The summed E-state index contributed by atoms with van der Waals surface area (Å²) in [7, 11) is 0. The molecule has 0 aliphatic heterocycles. The fourth-order valence-electron chi connectivity index (χ4n) is 3.24. The third-order valence-corrected chi connectivity index (χ3v) is 5.78. The number of hydrogen-bond acceptors (Lipinski definition) is 4. The van der Waals surface area contributed by atoms with Gasteiger partial charge in [0, 0.05) is 22.7 Å². The smallest absolute Gasteiger partial charge is 0.249 e. The summed E-state index contributed by atoms with van der Waals surface area (Å²) in [4.78, 5) is 13.6. The van der Waals surface area contributed by atoms with E-state index in [0.29, 0.717) is 10.6 Å². The van der Waals surface area contributed by atoms with Gasteiger partial charge < -0.3 is 5.32 Å². The molecule has 0 atom stereocenters. The van der Waals surface area contributed by atoms with Crippen molar-refractivity contribution in [2.75, 3.05) is 5.32 Å². The maximum Gasteiger partial charge on any atom is 0.249 e. The highest BCUT2D eigenvalue weighted by atomic mass is 32.1. The Hall–Kier alpha value is -3.17. The van der Waals surface area contributed by atoms with E-state index in [1.165, 1.54) is 22.3 Å². The molecule has 1 N–H and O–H groups in total. The first-order valence-corrected chi connectivity index (χ1v) is 9.70. The van der Waals surface area contributed by atoms with E-state index in [1.807, 2.05) is 36.5 Å². The summed E-state index contributed by atoms with van der Waals surface area (Å²) in [5.74, 6) is -0.238. The predicted molar refractivity (Wildman–Crippen MR) is 107 cm³/mol. The minimum atomic E-state index is -0.238. The van der Waals surface area contributed by atoms with Crippen molar-refractivity contribution >= 4 is 28.3 Å². The van der Waals surface area contributed by atoms with Crippen LogP contribution in [0.5, 0.6) is 0 Å². The van der Waals surface area contributed by atoms with Crippen LogP contribution in [0.25, 0.3) is 11.8 Å². The third kappa shape index (κ3) is 3.69. The van der Waals surface area contributed by atoms with E-state index >= 15 is 0 Å². The highest BCUT2D eigenvalue weighted by Gasteiger charge is 2.21. The van der Waals surface area contributed by atoms with Gasteiger partial charge in [0.1, 0.15) is 11.1 Å². The number of anilines is 1. The van der Waals surface area contributed by atoms with Crippen LogP contribution in [0.15, 0.2) is 48.8 Å². The molecule has 1 amide bonds. The molecule has 0 radical (unpaired) electrons. The molecule has 0 saturated heterocycles. The summed E-state index contributed by atoms with van der Waals surface area (Å²) in [6, 6.07) is 12.1. The molecule has 0 fully saturated rings. The summed E-state index contributed by atoms with van der Waals surface area (Å²) in [5.41, 5.74) is 3.55. The summed E-state index contributed by atoms with van der Waals surface area (Å²) in [6.07, 6.45) is 11.0. The standard InChI is InChI=1S/C21H18N4OS/c22-12-18-17-8-4-5-9-19(17)27-21(18)24-20(26)11-10-15-13-23-25(14-15)16-6-2-1-3-7-16/h1-3,6-7,10-11,13-14H,4-5,8-9H2,(H,24,26)/b11-10+. The zero-order valence-corrected chi connectivity index (χ0v) is 15.5. The molecule has 1 aromatic carbocycles. The van der Waals surface area contributed by atoms with Gasteiger partial charge in [-0.25, -0.2) is 4.68 Å². The quantitative estimate of drug-likeness (QED) is 0.691. The average molecular weight is 374 g/mol. The molecular weight excluding hydrogens is 356 g/mol. The number of nitriles is 1. The molecule has 0 spiro atoms. The average Bonchev–Trinajstić information content (AvgIpc) is 3.31. The van der Waals surface area contributed by atoms with E-state index in [1.54, 1.807) is 17.0 Å². The number of benzene rings is 1. The number of rotatable bonds is 4. The van der Waals surface area contributed by atoms with Crippen molar-refractivity contribution in [2.24, 2.45) is 0 Å². The first-order valence-electron chi connectivity index (χ1n) is 8.88.